The number of nitrogens with zero attached hydrogens (tertiary/aromatic N) is 1. The summed E-state index contributed by atoms with van der Waals surface area (Å²) >= 11 is 0. The molecule has 0 bridgehead atoms. The molecule has 1 aliphatic heterocycles. The van der Waals surface area contributed by atoms with E-state index in [1.165, 1.54) is 58.3 Å². The number of rotatable bonds is 1. The van der Waals surface area contributed by atoms with Crippen LogP contribution in [-0.4, -0.2) is 37.1 Å². The van der Waals surface area contributed by atoms with E-state index in [-0.39, 0.29) is 0 Å². The van der Waals surface area contributed by atoms with Crippen molar-refractivity contribution in [2.75, 3.05) is 26.2 Å². The SMILES string of the molecule is CC1CCC(N2CCCNCC2)CC1. The molecule has 0 spiro atoms. The van der Waals surface area contributed by atoms with Crippen molar-refractivity contribution in [1.82, 2.24) is 10.2 Å². The van der Waals surface area contributed by atoms with Gasteiger partial charge in [0.2, 0.25) is 0 Å². The average molecular weight is 196 g/mol. The maximum absolute atomic E-state index is 3.48. The summed E-state index contributed by atoms with van der Waals surface area (Å²) in [5.74, 6) is 0.983. The fourth-order valence-corrected chi connectivity index (χ4v) is 2.84. The van der Waals surface area contributed by atoms with E-state index in [9.17, 15) is 0 Å². The van der Waals surface area contributed by atoms with Gasteiger partial charge in [-0.05, 0) is 51.1 Å². The molecule has 2 nitrogen and oxygen atoms in total. The van der Waals surface area contributed by atoms with Gasteiger partial charge in [0.15, 0.2) is 0 Å². The third-order valence-corrected chi connectivity index (χ3v) is 3.88. The predicted octanol–water partition coefficient (Wildman–Crippen LogP) is 1.86. The fraction of sp³-hybridized carbons (Fsp3) is 1.00. The van der Waals surface area contributed by atoms with Gasteiger partial charge in [0, 0.05) is 19.1 Å². The Bertz CT molecular complexity index is 154. The largest absolute Gasteiger partial charge is 0.315 e. The van der Waals surface area contributed by atoms with Gasteiger partial charge < -0.3 is 5.32 Å². The molecule has 0 aromatic heterocycles. The van der Waals surface area contributed by atoms with Crippen molar-refractivity contribution in [3.05, 3.63) is 0 Å². The van der Waals surface area contributed by atoms with Crippen molar-refractivity contribution in [2.45, 2.75) is 45.1 Å². The van der Waals surface area contributed by atoms with Gasteiger partial charge in [-0.25, -0.2) is 0 Å². The Kier molecular flexibility index (Phi) is 3.82. The third kappa shape index (κ3) is 2.71. The molecule has 0 amide bonds. The average Bonchev–Trinajstić information content (AvgIpc) is 2.47. The molecule has 0 aromatic rings. The Hall–Kier alpha value is -0.0800. The second kappa shape index (κ2) is 5.13. The Morgan fingerprint density at radius 3 is 2.57 bits per heavy atom. The van der Waals surface area contributed by atoms with Crippen molar-refractivity contribution in [1.29, 1.82) is 0 Å². The zero-order valence-electron chi connectivity index (χ0n) is 9.47. The van der Waals surface area contributed by atoms with E-state index in [0.717, 1.165) is 12.0 Å². The third-order valence-electron chi connectivity index (χ3n) is 3.88. The summed E-state index contributed by atoms with van der Waals surface area (Å²) in [6.45, 7) is 7.43. The summed E-state index contributed by atoms with van der Waals surface area (Å²) in [6, 6.07) is 0.908. The van der Waals surface area contributed by atoms with Crippen LogP contribution in [0, 0.1) is 5.92 Å². The van der Waals surface area contributed by atoms with Gasteiger partial charge >= 0.3 is 0 Å². The standard InChI is InChI=1S/C12H24N2/c1-11-3-5-12(6-4-11)14-9-2-7-13-8-10-14/h11-13H,2-10H2,1H3. The molecule has 1 N–H and O–H groups in total. The molecular weight excluding hydrogens is 172 g/mol. The van der Waals surface area contributed by atoms with Crippen LogP contribution in [0.4, 0.5) is 0 Å². The molecule has 82 valence electrons. The first kappa shape index (κ1) is 10.4. The van der Waals surface area contributed by atoms with Crippen LogP contribution in [0.2, 0.25) is 0 Å². The van der Waals surface area contributed by atoms with E-state index in [4.69, 9.17) is 0 Å². The first-order valence-electron chi connectivity index (χ1n) is 6.31. The Labute approximate surface area is 88.1 Å². The zero-order chi connectivity index (χ0) is 9.80. The van der Waals surface area contributed by atoms with E-state index in [1.807, 2.05) is 0 Å². The van der Waals surface area contributed by atoms with Gasteiger partial charge in [-0.1, -0.05) is 6.92 Å². The second-order valence-electron chi connectivity index (χ2n) is 5.05. The highest BCUT2D eigenvalue weighted by Crippen LogP contribution is 2.27. The first-order valence-corrected chi connectivity index (χ1v) is 6.31. The lowest BCUT2D eigenvalue weighted by Gasteiger charge is -2.35. The molecule has 2 rings (SSSR count). The topological polar surface area (TPSA) is 15.3 Å². The molecule has 0 aromatic carbocycles. The van der Waals surface area contributed by atoms with Crippen LogP contribution < -0.4 is 5.32 Å². The minimum Gasteiger partial charge on any atom is -0.315 e. The molecule has 0 radical (unpaired) electrons. The summed E-state index contributed by atoms with van der Waals surface area (Å²) in [6.07, 6.45) is 7.14. The van der Waals surface area contributed by atoms with Gasteiger partial charge in [-0.2, -0.15) is 0 Å². The van der Waals surface area contributed by atoms with Gasteiger partial charge in [0.05, 0.1) is 0 Å². The highest BCUT2D eigenvalue weighted by molar-refractivity contribution is 4.80. The molecule has 0 atom stereocenters. The molecule has 1 saturated heterocycles. The Morgan fingerprint density at radius 2 is 1.79 bits per heavy atom. The van der Waals surface area contributed by atoms with Crippen LogP contribution in [0.5, 0.6) is 0 Å². The molecular formula is C12H24N2. The summed E-state index contributed by atoms with van der Waals surface area (Å²) in [5.41, 5.74) is 0. The van der Waals surface area contributed by atoms with Crippen molar-refractivity contribution >= 4 is 0 Å². The molecule has 1 heterocycles. The van der Waals surface area contributed by atoms with E-state index in [1.54, 1.807) is 0 Å². The van der Waals surface area contributed by atoms with Gasteiger partial charge in [-0.15, -0.1) is 0 Å². The molecule has 2 fully saturated rings. The Morgan fingerprint density at radius 1 is 1.00 bits per heavy atom. The van der Waals surface area contributed by atoms with Gasteiger partial charge in [-0.3, -0.25) is 4.90 Å². The minimum absolute atomic E-state index is 0.908. The quantitative estimate of drug-likeness (QED) is 0.688. The predicted molar refractivity (Wildman–Crippen MR) is 60.5 cm³/mol. The van der Waals surface area contributed by atoms with Crippen LogP contribution in [0.25, 0.3) is 0 Å². The highest BCUT2D eigenvalue weighted by Gasteiger charge is 2.23. The number of hydrogen-bond acceptors (Lipinski definition) is 2. The fourth-order valence-electron chi connectivity index (χ4n) is 2.84. The lowest BCUT2D eigenvalue weighted by molar-refractivity contribution is 0.148. The smallest absolute Gasteiger partial charge is 0.0110 e. The summed E-state index contributed by atoms with van der Waals surface area (Å²) < 4.78 is 0. The number of hydrogen-bond donors (Lipinski definition) is 1. The molecule has 0 unspecified atom stereocenters. The Balaban J connectivity index is 1.81. The molecule has 1 aliphatic carbocycles. The minimum atomic E-state index is 0.908. The molecule has 1 saturated carbocycles. The van der Waals surface area contributed by atoms with Gasteiger partial charge in [0.25, 0.3) is 0 Å². The van der Waals surface area contributed by atoms with Crippen molar-refractivity contribution in [3.8, 4) is 0 Å². The van der Waals surface area contributed by atoms with E-state index < -0.39 is 0 Å². The lowest BCUT2D eigenvalue weighted by Crippen LogP contribution is -2.39. The zero-order valence-corrected chi connectivity index (χ0v) is 9.47. The summed E-state index contributed by atoms with van der Waals surface area (Å²) in [4.78, 5) is 2.73. The van der Waals surface area contributed by atoms with Gasteiger partial charge in [0.1, 0.15) is 0 Å². The number of nitrogens with one attached hydrogen (secondary N) is 1. The van der Waals surface area contributed by atoms with Crippen molar-refractivity contribution < 1.29 is 0 Å². The van der Waals surface area contributed by atoms with Crippen molar-refractivity contribution in [3.63, 3.8) is 0 Å². The maximum atomic E-state index is 3.48. The first-order chi connectivity index (χ1) is 6.86. The van der Waals surface area contributed by atoms with Crippen molar-refractivity contribution in [2.24, 2.45) is 5.92 Å². The van der Waals surface area contributed by atoms with Crippen LogP contribution in [0.15, 0.2) is 0 Å². The molecule has 2 aliphatic rings. The van der Waals surface area contributed by atoms with E-state index >= 15 is 0 Å². The molecule has 2 heteroatoms. The van der Waals surface area contributed by atoms with E-state index in [2.05, 4.69) is 17.1 Å². The maximum Gasteiger partial charge on any atom is 0.0110 e. The lowest BCUT2D eigenvalue weighted by atomic mass is 9.86. The van der Waals surface area contributed by atoms with Crippen LogP contribution in [0.3, 0.4) is 0 Å². The van der Waals surface area contributed by atoms with Crippen LogP contribution in [0.1, 0.15) is 39.0 Å². The van der Waals surface area contributed by atoms with Crippen LogP contribution in [-0.2, 0) is 0 Å². The monoisotopic (exact) mass is 196 g/mol. The highest BCUT2D eigenvalue weighted by atomic mass is 15.2. The molecule has 14 heavy (non-hydrogen) atoms. The second-order valence-corrected chi connectivity index (χ2v) is 5.05. The van der Waals surface area contributed by atoms with Crippen LogP contribution >= 0.6 is 0 Å². The summed E-state index contributed by atoms with van der Waals surface area (Å²) in [5, 5.41) is 3.48. The summed E-state index contributed by atoms with van der Waals surface area (Å²) in [7, 11) is 0. The van der Waals surface area contributed by atoms with E-state index in [0.29, 0.717) is 0 Å². The normalized spacial score (nSPS) is 36.6.